The van der Waals surface area contributed by atoms with Crippen molar-refractivity contribution < 1.29 is 14.3 Å². The summed E-state index contributed by atoms with van der Waals surface area (Å²) in [6, 6.07) is 16.4. The van der Waals surface area contributed by atoms with E-state index in [-0.39, 0.29) is 23.7 Å². The van der Waals surface area contributed by atoms with Gasteiger partial charge in [-0.05, 0) is 36.4 Å². The van der Waals surface area contributed by atoms with Crippen molar-refractivity contribution in [3.05, 3.63) is 77.0 Å². The predicted octanol–water partition coefficient (Wildman–Crippen LogP) is 3.87. The van der Waals surface area contributed by atoms with Crippen LogP contribution >= 0.6 is 11.8 Å². The first-order valence-corrected chi connectivity index (χ1v) is 13.3. The molecule has 2 amide bonds. The van der Waals surface area contributed by atoms with Gasteiger partial charge in [-0.15, -0.1) is 0 Å². The molecule has 0 radical (unpaired) electrons. The van der Waals surface area contributed by atoms with Crippen LogP contribution in [0.4, 0.5) is 0 Å². The topological polar surface area (TPSA) is 103 Å². The van der Waals surface area contributed by atoms with Gasteiger partial charge in [-0.3, -0.25) is 15.0 Å². The Bertz CT molecular complexity index is 1560. The zero-order valence-corrected chi connectivity index (χ0v) is 21.7. The van der Waals surface area contributed by atoms with Gasteiger partial charge in [0, 0.05) is 42.3 Å². The van der Waals surface area contributed by atoms with Crippen molar-refractivity contribution in [3.8, 4) is 0 Å². The molecule has 0 aliphatic carbocycles. The molecule has 6 rings (SSSR count). The van der Waals surface area contributed by atoms with Crippen LogP contribution in [0.1, 0.15) is 23.1 Å². The van der Waals surface area contributed by atoms with Crippen LogP contribution in [0.5, 0.6) is 0 Å². The number of nitrogens with one attached hydrogen (secondary N) is 1. The zero-order valence-electron chi connectivity index (χ0n) is 20.9. The molecule has 1 N–H and O–H groups in total. The Kier molecular flexibility index (Phi) is 6.42. The molecule has 3 aromatic rings. The van der Waals surface area contributed by atoms with Crippen LogP contribution < -0.4 is 0 Å². The molecular weight excluding hydrogens is 500 g/mol. The molecule has 192 valence electrons. The number of aryl methyl sites for hydroxylation is 1. The number of amides is 2. The minimum Gasteiger partial charge on any atom is -0.378 e. The molecule has 3 aliphatic heterocycles. The van der Waals surface area contributed by atoms with E-state index >= 15 is 0 Å². The summed E-state index contributed by atoms with van der Waals surface area (Å²) in [5.74, 6) is -0.577. The van der Waals surface area contributed by atoms with Crippen molar-refractivity contribution in [2.24, 2.45) is 10.1 Å². The summed E-state index contributed by atoms with van der Waals surface area (Å²) in [6.07, 6.45) is 3.83. The van der Waals surface area contributed by atoms with E-state index < -0.39 is 5.91 Å². The second-order valence-corrected chi connectivity index (χ2v) is 10.4. The summed E-state index contributed by atoms with van der Waals surface area (Å²) in [5, 5.41) is 16.4. The van der Waals surface area contributed by atoms with Crippen molar-refractivity contribution in [1.29, 1.82) is 5.41 Å². The van der Waals surface area contributed by atoms with Crippen molar-refractivity contribution in [3.63, 3.8) is 0 Å². The number of hydrogen-bond donors (Lipinski definition) is 1. The third-order valence-corrected chi connectivity index (χ3v) is 7.63. The molecule has 1 aromatic heterocycles. The molecular formula is C28H26N6O3S. The lowest BCUT2D eigenvalue weighted by atomic mass is 10.1. The molecule has 1 saturated heterocycles. The van der Waals surface area contributed by atoms with E-state index in [1.807, 2.05) is 30.5 Å². The molecule has 38 heavy (non-hydrogen) atoms. The highest BCUT2D eigenvalue weighted by atomic mass is 32.2. The van der Waals surface area contributed by atoms with Gasteiger partial charge >= 0.3 is 0 Å². The summed E-state index contributed by atoms with van der Waals surface area (Å²) in [7, 11) is 0. The van der Waals surface area contributed by atoms with Gasteiger partial charge in [-0.25, -0.2) is 0 Å². The van der Waals surface area contributed by atoms with Crippen LogP contribution in [-0.4, -0.2) is 68.6 Å². The van der Waals surface area contributed by atoms with Crippen molar-refractivity contribution in [2.45, 2.75) is 19.9 Å². The normalized spacial score (nSPS) is 18.7. The van der Waals surface area contributed by atoms with E-state index in [4.69, 9.17) is 10.1 Å². The molecule has 0 saturated carbocycles. The third-order valence-electron chi connectivity index (χ3n) is 6.72. The monoisotopic (exact) mass is 526 g/mol. The van der Waals surface area contributed by atoms with Gasteiger partial charge in [-0.2, -0.15) is 15.1 Å². The Morgan fingerprint density at radius 3 is 2.79 bits per heavy atom. The number of aromatic nitrogens is 1. The minimum atomic E-state index is -0.486. The summed E-state index contributed by atoms with van der Waals surface area (Å²) < 4.78 is 7.47. The van der Waals surface area contributed by atoms with Crippen molar-refractivity contribution in [1.82, 2.24) is 14.5 Å². The maximum absolute atomic E-state index is 13.0. The van der Waals surface area contributed by atoms with Gasteiger partial charge in [0.25, 0.3) is 5.91 Å². The van der Waals surface area contributed by atoms with E-state index in [0.717, 1.165) is 16.5 Å². The first-order chi connectivity index (χ1) is 18.5. The van der Waals surface area contributed by atoms with E-state index in [2.05, 4.69) is 45.9 Å². The molecule has 0 spiro atoms. The number of carbonyl (C=O) groups excluding carboxylic acids is 2. The summed E-state index contributed by atoms with van der Waals surface area (Å²) in [6.45, 7) is 4.93. The quantitative estimate of drug-likeness (QED) is 0.509. The van der Waals surface area contributed by atoms with Gasteiger partial charge in [0.2, 0.25) is 11.1 Å². The van der Waals surface area contributed by atoms with E-state index in [9.17, 15) is 9.59 Å². The van der Waals surface area contributed by atoms with Crippen molar-refractivity contribution >= 4 is 56.6 Å². The standard InChI is InChI=1S/C28H26N6O3S/c1-18-5-4-6-19(13-18)16-33-17-20(21-7-2-3-8-23(21)33)14-22-26(29)34-28(30-27(22)36)38-24(31-34)15-25(35)32-9-11-37-12-10-32/h2-8,13-14,17,29H,9-12,15-16H2,1H3/b22-14-,29-26?. The second kappa shape index (κ2) is 10.0. The molecule has 9 nitrogen and oxygen atoms in total. The van der Waals surface area contributed by atoms with Crippen LogP contribution in [0.2, 0.25) is 0 Å². The Morgan fingerprint density at radius 1 is 1.16 bits per heavy atom. The Labute approximate surface area is 224 Å². The van der Waals surface area contributed by atoms with Gasteiger partial charge in [0.15, 0.2) is 5.84 Å². The average Bonchev–Trinajstić information content (AvgIpc) is 3.48. The summed E-state index contributed by atoms with van der Waals surface area (Å²) >= 11 is 1.17. The molecule has 0 bridgehead atoms. The van der Waals surface area contributed by atoms with Crippen LogP contribution in [0.15, 0.2) is 70.4 Å². The molecule has 1 fully saturated rings. The number of para-hydroxylation sites is 1. The number of nitrogens with zero attached hydrogens (tertiary/aromatic N) is 5. The van der Waals surface area contributed by atoms with Crippen molar-refractivity contribution in [2.75, 3.05) is 26.3 Å². The third kappa shape index (κ3) is 4.68. The zero-order chi connectivity index (χ0) is 26.2. The number of amidine groups is 2. The fourth-order valence-corrected chi connectivity index (χ4v) is 5.72. The number of ether oxygens (including phenoxy) is 1. The average molecular weight is 527 g/mol. The van der Waals surface area contributed by atoms with Gasteiger partial charge in [0.05, 0.1) is 25.2 Å². The number of rotatable bonds is 5. The number of thioether (sulfide) groups is 1. The number of morpholine rings is 1. The first-order valence-electron chi connectivity index (χ1n) is 12.4. The number of carbonyl (C=O) groups is 2. The van der Waals surface area contributed by atoms with Crippen LogP contribution in [-0.2, 0) is 20.9 Å². The van der Waals surface area contributed by atoms with Crippen LogP contribution in [0.25, 0.3) is 17.0 Å². The number of hydrazone groups is 1. The number of aliphatic imine (C=N–C) groups is 1. The Morgan fingerprint density at radius 2 is 1.97 bits per heavy atom. The summed E-state index contributed by atoms with van der Waals surface area (Å²) in [5.41, 5.74) is 4.42. The lowest BCUT2D eigenvalue weighted by molar-refractivity contribution is -0.133. The van der Waals surface area contributed by atoms with Gasteiger partial charge in [0.1, 0.15) is 5.04 Å². The lowest BCUT2D eigenvalue weighted by Gasteiger charge is -2.26. The molecule has 0 unspecified atom stereocenters. The highest BCUT2D eigenvalue weighted by molar-refractivity contribution is 8.27. The summed E-state index contributed by atoms with van der Waals surface area (Å²) in [4.78, 5) is 31.6. The highest BCUT2D eigenvalue weighted by Gasteiger charge is 2.36. The van der Waals surface area contributed by atoms with Crippen LogP contribution in [0, 0.1) is 12.3 Å². The van der Waals surface area contributed by atoms with E-state index in [1.54, 1.807) is 11.0 Å². The Hall–Kier alpha value is -4.02. The molecule has 10 heteroatoms. The fourth-order valence-electron chi connectivity index (χ4n) is 4.84. The first kappa shape index (κ1) is 24.3. The SMILES string of the molecule is Cc1cccc(Cn2cc(/C=C3/C(=N)N4N=C(CC(=O)N5CCOCC5)SC4=NC3=O)c3ccccc32)c1. The number of hydrogen-bond acceptors (Lipinski definition) is 6. The van der Waals surface area contributed by atoms with Gasteiger partial charge in [-0.1, -0.05) is 48.0 Å². The molecule has 4 heterocycles. The predicted molar refractivity (Wildman–Crippen MR) is 149 cm³/mol. The molecule has 3 aliphatic rings. The fraction of sp³-hybridized carbons (Fsp3) is 0.250. The van der Waals surface area contributed by atoms with Gasteiger partial charge < -0.3 is 14.2 Å². The maximum Gasteiger partial charge on any atom is 0.283 e. The largest absolute Gasteiger partial charge is 0.378 e. The maximum atomic E-state index is 13.0. The highest BCUT2D eigenvalue weighted by Crippen LogP contribution is 2.31. The molecule has 2 aromatic carbocycles. The van der Waals surface area contributed by atoms with E-state index in [0.29, 0.717) is 43.1 Å². The molecule has 0 atom stereocenters. The smallest absolute Gasteiger partial charge is 0.283 e. The van der Waals surface area contributed by atoms with Crippen LogP contribution in [0.3, 0.4) is 0 Å². The second-order valence-electron chi connectivity index (χ2n) is 9.40. The lowest BCUT2D eigenvalue weighted by Crippen LogP contribution is -2.41. The number of benzene rings is 2. The van der Waals surface area contributed by atoms with E-state index in [1.165, 1.54) is 27.9 Å². The minimum absolute atomic E-state index is 0.0446. The Balaban J connectivity index is 1.28. The number of fused-ring (bicyclic) bond motifs is 2.